The molecule has 3 rings (SSSR count). The standard InChI is InChI=1S/C28H34N2O3/c1-5-21(4)29-28(32)25(6-2)30(18-22-12-9-11-20(3)17-22)27(31)19-33-26-16-10-14-23-13-7-8-15-24(23)26/h7-17,21,25H,5-6,18-19H2,1-4H3,(H,29,32)/t21-,25-/m1/s1. The molecule has 3 aromatic carbocycles. The van der Waals surface area contributed by atoms with E-state index in [4.69, 9.17) is 4.74 Å². The van der Waals surface area contributed by atoms with Crippen LogP contribution in [0.4, 0.5) is 0 Å². The van der Waals surface area contributed by atoms with Gasteiger partial charge in [-0.1, -0.05) is 80.1 Å². The van der Waals surface area contributed by atoms with Crippen LogP contribution in [0.1, 0.15) is 44.7 Å². The average Bonchev–Trinajstić information content (AvgIpc) is 2.82. The van der Waals surface area contributed by atoms with Crippen LogP contribution in [0.2, 0.25) is 0 Å². The smallest absolute Gasteiger partial charge is 0.261 e. The lowest BCUT2D eigenvalue weighted by atomic mass is 10.1. The van der Waals surface area contributed by atoms with Gasteiger partial charge in [0.25, 0.3) is 5.91 Å². The Labute approximate surface area is 196 Å². The molecule has 0 spiro atoms. The number of fused-ring (bicyclic) bond motifs is 1. The minimum Gasteiger partial charge on any atom is -0.483 e. The monoisotopic (exact) mass is 446 g/mol. The van der Waals surface area contributed by atoms with Gasteiger partial charge in [0, 0.05) is 18.0 Å². The number of amides is 2. The molecule has 0 aromatic heterocycles. The van der Waals surface area contributed by atoms with E-state index >= 15 is 0 Å². The van der Waals surface area contributed by atoms with Gasteiger partial charge in [0.2, 0.25) is 5.91 Å². The average molecular weight is 447 g/mol. The van der Waals surface area contributed by atoms with Crippen LogP contribution < -0.4 is 10.1 Å². The van der Waals surface area contributed by atoms with Crippen LogP contribution in [0.25, 0.3) is 10.8 Å². The SMILES string of the molecule is CC[C@@H](C)NC(=O)[C@@H](CC)N(Cc1cccc(C)c1)C(=O)COc1cccc2ccccc12. The van der Waals surface area contributed by atoms with Gasteiger partial charge < -0.3 is 15.0 Å². The fraction of sp³-hybridized carbons (Fsp3) is 0.357. The molecule has 0 radical (unpaired) electrons. The van der Waals surface area contributed by atoms with Crippen molar-refractivity contribution in [1.82, 2.24) is 10.2 Å². The van der Waals surface area contributed by atoms with Crippen molar-refractivity contribution in [1.29, 1.82) is 0 Å². The summed E-state index contributed by atoms with van der Waals surface area (Å²) in [7, 11) is 0. The van der Waals surface area contributed by atoms with Gasteiger partial charge in [0.15, 0.2) is 6.61 Å². The van der Waals surface area contributed by atoms with Gasteiger partial charge >= 0.3 is 0 Å². The maximum Gasteiger partial charge on any atom is 0.261 e. The third-order valence-electron chi connectivity index (χ3n) is 5.92. The lowest BCUT2D eigenvalue weighted by Gasteiger charge is -2.31. The molecule has 0 heterocycles. The van der Waals surface area contributed by atoms with Gasteiger partial charge in [-0.05, 0) is 43.7 Å². The third-order valence-corrected chi connectivity index (χ3v) is 5.92. The van der Waals surface area contributed by atoms with Crippen LogP contribution in [0.5, 0.6) is 5.75 Å². The number of carbonyl (C=O) groups excluding carboxylic acids is 2. The first-order valence-corrected chi connectivity index (χ1v) is 11.7. The zero-order chi connectivity index (χ0) is 23.8. The van der Waals surface area contributed by atoms with Crippen molar-refractivity contribution >= 4 is 22.6 Å². The lowest BCUT2D eigenvalue weighted by Crippen LogP contribution is -2.51. The predicted molar refractivity (Wildman–Crippen MR) is 133 cm³/mol. The van der Waals surface area contributed by atoms with E-state index in [-0.39, 0.29) is 24.5 Å². The maximum absolute atomic E-state index is 13.4. The number of nitrogens with one attached hydrogen (secondary N) is 1. The molecule has 0 unspecified atom stereocenters. The van der Waals surface area contributed by atoms with Crippen molar-refractivity contribution in [2.45, 2.75) is 59.2 Å². The molecule has 174 valence electrons. The van der Waals surface area contributed by atoms with Crippen molar-refractivity contribution in [3.8, 4) is 5.75 Å². The number of benzene rings is 3. The molecular weight excluding hydrogens is 412 g/mol. The highest BCUT2D eigenvalue weighted by Gasteiger charge is 2.29. The Bertz CT molecular complexity index is 1090. The molecule has 2 amide bonds. The first kappa shape index (κ1) is 24.3. The molecule has 0 fully saturated rings. The summed E-state index contributed by atoms with van der Waals surface area (Å²) in [6.07, 6.45) is 1.35. The van der Waals surface area contributed by atoms with Crippen LogP contribution in [-0.2, 0) is 16.1 Å². The normalized spacial score (nSPS) is 12.7. The predicted octanol–water partition coefficient (Wildman–Crippen LogP) is 5.25. The van der Waals surface area contributed by atoms with E-state index in [1.165, 1.54) is 0 Å². The second-order valence-electron chi connectivity index (χ2n) is 8.52. The zero-order valence-electron chi connectivity index (χ0n) is 20.0. The number of nitrogens with zero attached hydrogens (tertiary/aromatic N) is 1. The second kappa shape index (κ2) is 11.5. The molecule has 33 heavy (non-hydrogen) atoms. The highest BCUT2D eigenvalue weighted by molar-refractivity contribution is 5.90. The number of hydrogen-bond acceptors (Lipinski definition) is 3. The van der Waals surface area contributed by atoms with Crippen molar-refractivity contribution in [2.24, 2.45) is 0 Å². The summed E-state index contributed by atoms with van der Waals surface area (Å²) in [6, 6.07) is 21.2. The second-order valence-corrected chi connectivity index (χ2v) is 8.52. The van der Waals surface area contributed by atoms with E-state index in [1.807, 2.05) is 94.4 Å². The minimum atomic E-state index is -0.567. The fourth-order valence-electron chi connectivity index (χ4n) is 3.91. The molecule has 0 aliphatic carbocycles. The summed E-state index contributed by atoms with van der Waals surface area (Å²) >= 11 is 0. The van der Waals surface area contributed by atoms with Gasteiger partial charge in [0.1, 0.15) is 11.8 Å². The first-order valence-electron chi connectivity index (χ1n) is 11.7. The molecule has 2 atom stereocenters. The molecule has 5 nitrogen and oxygen atoms in total. The largest absolute Gasteiger partial charge is 0.483 e. The summed E-state index contributed by atoms with van der Waals surface area (Å²) in [4.78, 5) is 28.1. The molecule has 0 saturated heterocycles. The first-order chi connectivity index (χ1) is 15.9. The van der Waals surface area contributed by atoms with Gasteiger partial charge in [-0.2, -0.15) is 0 Å². The van der Waals surface area contributed by atoms with Gasteiger partial charge in [-0.15, -0.1) is 0 Å². The third kappa shape index (κ3) is 6.35. The van der Waals surface area contributed by atoms with Crippen LogP contribution in [0.15, 0.2) is 66.7 Å². The molecule has 3 aromatic rings. The Hall–Kier alpha value is -3.34. The Morgan fingerprint density at radius 2 is 1.70 bits per heavy atom. The van der Waals surface area contributed by atoms with Crippen LogP contribution in [0.3, 0.4) is 0 Å². The molecule has 0 aliphatic rings. The van der Waals surface area contributed by atoms with Crippen LogP contribution >= 0.6 is 0 Å². The molecule has 0 aliphatic heterocycles. The Balaban J connectivity index is 1.83. The van der Waals surface area contributed by atoms with E-state index in [0.717, 1.165) is 28.3 Å². The molecular formula is C28H34N2O3. The molecule has 0 saturated carbocycles. The minimum absolute atomic E-state index is 0.0504. The van der Waals surface area contributed by atoms with Crippen molar-refractivity contribution in [3.05, 3.63) is 77.9 Å². The zero-order valence-corrected chi connectivity index (χ0v) is 20.0. The van der Waals surface area contributed by atoms with Crippen molar-refractivity contribution in [3.63, 3.8) is 0 Å². The van der Waals surface area contributed by atoms with E-state index in [0.29, 0.717) is 18.7 Å². The summed E-state index contributed by atoms with van der Waals surface area (Å²) in [5.74, 6) is 0.322. The van der Waals surface area contributed by atoms with Crippen LogP contribution in [-0.4, -0.2) is 35.4 Å². The number of aryl methyl sites for hydroxylation is 1. The quantitative estimate of drug-likeness (QED) is 0.463. The number of ether oxygens (including phenoxy) is 1. The highest BCUT2D eigenvalue weighted by Crippen LogP contribution is 2.25. The van der Waals surface area contributed by atoms with Gasteiger partial charge in [-0.25, -0.2) is 0 Å². The van der Waals surface area contributed by atoms with Crippen LogP contribution in [0, 0.1) is 6.92 Å². The van der Waals surface area contributed by atoms with E-state index in [9.17, 15) is 9.59 Å². The maximum atomic E-state index is 13.4. The van der Waals surface area contributed by atoms with Crippen molar-refractivity contribution < 1.29 is 14.3 Å². The van der Waals surface area contributed by atoms with Gasteiger partial charge in [0.05, 0.1) is 0 Å². The molecule has 0 bridgehead atoms. The summed E-state index contributed by atoms with van der Waals surface area (Å²) in [5.41, 5.74) is 2.10. The highest BCUT2D eigenvalue weighted by atomic mass is 16.5. The molecule has 1 N–H and O–H groups in total. The molecule has 5 heteroatoms. The summed E-state index contributed by atoms with van der Waals surface area (Å²) in [6.45, 7) is 8.18. The Morgan fingerprint density at radius 3 is 2.42 bits per heavy atom. The van der Waals surface area contributed by atoms with E-state index in [2.05, 4.69) is 5.32 Å². The lowest BCUT2D eigenvalue weighted by molar-refractivity contribution is -0.143. The van der Waals surface area contributed by atoms with Gasteiger partial charge in [-0.3, -0.25) is 9.59 Å². The number of carbonyl (C=O) groups is 2. The topological polar surface area (TPSA) is 58.6 Å². The number of rotatable bonds is 10. The Kier molecular flexibility index (Phi) is 8.47. The fourth-order valence-corrected chi connectivity index (χ4v) is 3.91. The van der Waals surface area contributed by atoms with E-state index < -0.39 is 6.04 Å². The number of hydrogen-bond donors (Lipinski definition) is 1. The summed E-state index contributed by atoms with van der Waals surface area (Å²) < 4.78 is 5.98. The van der Waals surface area contributed by atoms with Crippen molar-refractivity contribution in [2.75, 3.05) is 6.61 Å². The summed E-state index contributed by atoms with van der Waals surface area (Å²) in [5, 5.41) is 5.05. The Morgan fingerprint density at radius 1 is 0.970 bits per heavy atom. The van der Waals surface area contributed by atoms with E-state index in [1.54, 1.807) is 4.90 Å².